The first-order valence-corrected chi connectivity index (χ1v) is 4.40. The fourth-order valence-electron chi connectivity index (χ4n) is 1.01. The summed E-state index contributed by atoms with van der Waals surface area (Å²) in [6, 6.07) is 3.19. The lowest BCUT2D eigenvalue weighted by atomic mass is 10.3. The highest BCUT2D eigenvalue weighted by molar-refractivity contribution is 5.86. The average molecular weight is 241 g/mol. The van der Waals surface area contributed by atoms with Crippen LogP contribution in [0.25, 0.3) is 0 Å². The Hall–Kier alpha value is -2.44. The van der Waals surface area contributed by atoms with Crippen LogP contribution in [0, 0.1) is 15.9 Å². The molecular formula is C10H8FNO5. The molecule has 7 heteroatoms. The molecule has 1 rings (SSSR count). The number of para-hydroxylation sites is 1. The molecule has 0 amide bonds. The normalized spacial score (nSPS) is 9.71. The number of aliphatic carboxylic acids is 1. The van der Waals surface area contributed by atoms with Crippen LogP contribution in [0.3, 0.4) is 0 Å². The van der Waals surface area contributed by atoms with Crippen molar-refractivity contribution >= 4 is 11.7 Å². The lowest BCUT2D eigenvalue weighted by molar-refractivity contribution is -0.386. The number of rotatable bonds is 5. The van der Waals surface area contributed by atoms with Gasteiger partial charge in [0.15, 0.2) is 5.82 Å². The molecule has 0 aliphatic rings. The first-order valence-electron chi connectivity index (χ1n) is 4.40. The summed E-state index contributed by atoms with van der Waals surface area (Å²) in [7, 11) is 0. The molecule has 1 aromatic carbocycles. The van der Waals surface area contributed by atoms with Crippen molar-refractivity contribution in [2.75, 3.05) is 6.61 Å². The Balaban J connectivity index is 2.94. The summed E-state index contributed by atoms with van der Waals surface area (Å²) in [5, 5.41) is 19.1. The highest BCUT2D eigenvalue weighted by atomic mass is 19.1. The summed E-state index contributed by atoms with van der Waals surface area (Å²) in [6.45, 7) is 2.63. The van der Waals surface area contributed by atoms with Crippen molar-refractivity contribution < 1.29 is 24.0 Å². The highest BCUT2D eigenvalue weighted by Gasteiger charge is 2.20. The third-order valence-corrected chi connectivity index (χ3v) is 1.84. The van der Waals surface area contributed by atoms with Gasteiger partial charge in [0.2, 0.25) is 5.75 Å². The molecule has 1 N–H and O–H groups in total. The second-order valence-corrected chi connectivity index (χ2v) is 3.04. The molecule has 0 saturated heterocycles. The van der Waals surface area contributed by atoms with Crippen molar-refractivity contribution in [3.8, 4) is 5.75 Å². The van der Waals surface area contributed by atoms with E-state index in [4.69, 9.17) is 9.84 Å². The summed E-state index contributed by atoms with van der Waals surface area (Å²) in [6.07, 6.45) is 0. The Morgan fingerprint density at radius 2 is 2.24 bits per heavy atom. The van der Waals surface area contributed by atoms with E-state index in [1.165, 1.54) is 0 Å². The number of carbonyl (C=O) groups is 1. The van der Waals surface area contributed by atoms with E-state index in [2.05, 4.69) is 6.58 Å². The summed E-state index contributed by atoms with van der Waals surface area (Å²) in [5.41, 5.74) is -0.897. The van der Waals surface area contributed by atoms with E-state index < -0.39 is 34.8 Å². The molecule has 6 nitrogen and oxygen atoms in total. The first-order chi connectivity index (χ1) is 7.93. The molecule has 0 atom stereocenters. The van der Waals surface area contributed by atoms with Crippen LogP contribution in [-0.4, -0.2) is 22.6 Å². The first kappa shape index (κ1) is 12.6. The minimum Gasteiger partial charge on any atom is -0.480 e. The van der Waals surface area contributed by atoms with Crippen LogP contribution in [0.2, 0.25) is 0 Å². The molecule has 0 aromatic heterocycles. The third-order valence-electron chi connectivity index (χ3n) is 1.84. The SMILES string of the molecule is C=C(COc1c(F)cccc1[N+](=O)[O-])C(=O)O. The Bertz CT molecular complexity index is 486. The lowest BCUT2D eigenvalue weighted by Crippen LogP contribution is -2.10. The number of halogens is 1. The number of nitro benzene ring substituents is 1. The predicted molar refractivity (Wildman–Crippen MR) is 55.3 cm³/mol. The van der Waals surface area contributed by atoms with Gasteiger partial charge >= 0.3 is 11.7 Å². The van der Waals surface area contributed by atoms with Gasteiger partial charge in [0.1, 0.15) is 6.61 Å². The number of carboxylic acids is 1. The topological polar surface area (TPSA) is 89.7 Å². The van der Waals surface area contributed by atoms with Crippen LogP contribution in [0.15, 0.2) is 30.4 Å². The Morgan fingerprint density at radius 1 is 1.59 bits per heavy atom. The fraction of sp³-hybridized carbons (Fsp3) is 0.100. The van der Waals surface area contributed by atoms with E-state index in [0.29, 0.717) is 0 Å². The van der Waals surface area contributed by atoms with Gasteiger partial charge < -0.3 is 9.84 Å². The van der Waals surface area contributed by atoms with E-state index in [-0.39, 0.29) is 5.57 Å². The van der Waals surface area contributed by atoms with Crippen LogP contribution < -0.4 is 4.74 Å². The monoisotopic (exact) mass is 241 g/mol. The van der Waals surface area contributed by atoms with Gasteiger partial charge in [0.05, 0.1) is 10.5 Å². The Kier molecular flexibility index (Phi) is 3.76. The van der Waals surface area contributed by atoms with E-state index in [0.717, 1.165) is 18.2 Å². The van der Waals surface area contributed by atoms with Gasteiger partial charge in [-0.15, -0.1) is 0 Å². The molecular weight excluding hydrogens is 233 g/mol. The zero-order valence-electron chi connectivity index (χ0n) is 8.55. The number of carboxylic acid groups (broad SMARTS) is 1. The molecule has 90 valence electrons. The van der Waals surface area contributed by atoms with Gasteiger partial charge in [0.25, 0.3) is 0 Å². The van der Waals surface area contributed by atoms with E-state index in [1.807, 2.05) is 0 Å². The standard InChI is InChI=1S/C10H8FNO5/c1-6(10(13)14)5-17-9-7(11)3-2-4-8(9)12(15)16/h2-4H,1,5H2,(H,13,14). The summed E-state index contributed by atoms with van der Waals surface area (Å²) >= 11 is 0. The Morgan fingerprint density at radius 3 is 2.76 bits per heavy atom. The van der Waals surface area contributed by atoms with Gasteiger partial charge in [-0.05, 0) is 6.07 Å². The number of nitro groups is 1. The molecule has 0 bridgehead atoms. The third kappa shape index (κ3) is 3.00. The van der Waals surface area contributed by atoms with Crippen molar-refractivity contribution in [2.24, 2.45) is 0 Å². The number of ether oxygens (including phenoxy) is 1. The molecule has 1 aromatic rings. The van der Waals surface area contributed by atoms with Crippen molar-refractivity contribution in [3.05, 3.63) is 46.3 Å². The minimum absolute atomic E-state index is 0.331. The number of nitrogens with zero attached hydrogens (tertiary/aromatic N) is 1. The molecule has 0 aliphatic carbocycles. The van der Waals surface area contributed by atoms with Crippen LogP contribution in [0.5, 0.6) is 5.75 Å². The second-order valence-electron chi connectivity index (χ2n) is 3.04. The zero-order chi connectivity index (χ0) is 13.0. The van der Waals surface area contributed by atoms with Gasteiger partial charge in [-0.2, -0.15) is 0 Å². The number of hydrogen-bond acceptors (Lipinski definition) is 4. The maximum atomic E-state index is 13.3. The molecule has 0 radical (unpaired) electrons. The quantitative estimate of drug-likeness (QED) is 0.482. The van der Waals surface area contributed by atoms with Crippen molar-refractivity contribution in [1.29, 1.82) is 0 Å². The maximum absolute atomic E-state index is 13.3. The lowest BCUT2D eigenvalue weighted by Gasteiger charge is -2.07. The predicted octanol–water partition coefficient (Wildman–Crippen LogP) is 1.75. The molecule has 0 aliphatic heterocycles. The van der Waals surface area contributed by atoms with Crippen LogP contribution >= 0.6 is 0 Å². The number of hydrogen-bond donors (Lipinski definition) is 1. The molecule has 0 unspecified atom stereocenters. The van der Waals surface area contributed by atoms with Gasteiger partial charge in [-0.3, -0.25) is 10.1 Å². The van der Waals surface area contributed by atoms with E-state index in [9.17, 15) is 19.3 Å². The van der Waals surface area contributed by atoms with Crippen LogP contribution in [0.1, 0.15) is 0 Å². The molecule has 0 spiro atoms. The van der Waals surface area contributed by atoms with E-state index in [1.54, 1.807) is 0 Å². The van der Waals surface area contributed by atoms with Crippen LogP contribution in [0.4, 0.5) is 10.1 Å². The van der Waals surface area contributed by atoms with Crippen molar-refractivity contribution in [3.63, 3.8) is 0 Å². The molecule has 0 fully saturated rings. The zero-order valence-corrected chi connectivity index (χ0v) is 8.55. The van der Waals surface area contributed by atoms with Gasteiger partial charge in [-0.1, -0.05) is 12.6 Å². The van der Waals surface area contributed by atoms with E-state index >= 15 is 0 Å². The largest absolute Gasteiger partial charge is 0.480 e. The molecule has 17 heavy (non-hydrogen) atoms. The minimum atomic E-state index is -1.32. The molecule has 0 heterocycles. The van der Waals surface area contributed by atoms with Gasteiger partial charge in [-0.25, -0.2) is 9.18 Å². The Labute approximate surface area is 95.1 Å². The summed E-state index contributed by atoms with van der Waals surface area (Å²) < 4.78 is 18.0. The molecule has 0 saturated carbocycles. The van der Waals surface area contributed by atoms with Gasteiger partial charge in [0, 0.05) is 6.07 Å². The summed E-state index contributed by atoms with van der Waals surface area (Å²) in [5.74, 6) is -2.85. The average Bonchev–Trinajstić information content (AvgIpc) is 2.26. The van der Waals surface area contributed by atoms with Crippen LogP contribution in [-0.2, 0) is 4.79 Å². The second kappa shape index (κ2) is 5.06. The van der Waals surface area contributed by atoms with Crippen molar-refractivity contribution in [2.45, 2.75) is 0 Å². The number of benzene rings is 1. The smallest absolute Gasteiger partial charge is 0.334 e. The van der Waals surface area contributed by atoms with Crippen molar-refractivity contribution in [1.82, 2.24) is 0 Å². The fourth-order valence-corrected chi connectivity index (χ4v) is 1.01. The summed E-state index contributed by atoms with van der Waals surface area (Å²) in [4.78, 5) is 20.2. The highest BCUT2D eigenvalue weighted by Crippen LogP contribution is 2.29. The maximum Gasteiger partial charge on any atom is 0.334 e.